The fraction of sp³-hybridized carbons (Fsp3) is 0.593. The van der Waals surface area contributed by atoms with Gasteiger partial charge in [0.25, 0.3) is 0 Å². The van der Waals surface area contributed by atoms with E-state index >= 15 is 0 Å². The van der Waals surface area contributed by atoms with Crippen molar-refractivity contribution in [2.45, 2.75) is 59.5 Å². The molecule has 0 saturated carbocycles. The first-order valence-electron chi connectivity index (χ1n) is 12.7. The molecule has 3 rings (SSSR count). The molecule has 9 nitrogen and oxygen atoms in total. The molecule has 0 aliphatic carbocycles. The highest BCUT2D eigenvalue weighted by atomic mass is 16.5. The number of hydrogen-bond acceptors (Lipinski definition) is 5. The van der Waals surface area contributed by atoms with Crippen molar-refractivity contribution in [2.24, 2.45) is 0 Å². The standard InChI is InChI=1S/C27H41N5O4/c1-8-36-24(33)22-21(17-31-12-9-13-32(15-14-31)26(35)29-27(4,5)6)30(7)25(34)28-23(22)20-11-10-18(2)16-19(20)3/h10-11,16,23H,8-9,12-15,17H2,1-7H3,(H,28,34)(H,29,35)/t23-/m1/s1. The van der Waals surface area contributed by atoms with Crippen LogP contribution in [0.2, 0.25) is 0 Å². The second-order valence-electron chi connectivity index (χ2n) is 10.7. The number of benzene rings is 1. The Bertz CT molecular complexity index is 1030. The van der Waals surface area contributed by atoms with Gasteiger partial charge in [-0.3, -0.25) is 9.80 Å². The van der Waals surface area contributed by atoms with Gasteiger partial charge in [-0.15, -0.1) is 0 Å². The smallest absolute Gasteiger partial charge is 0.338 e. The summed E-state index contributed by atoms with van der Waals surface area (Å²) in [6, 6.07) is 5.08. The van der Waals surface area contributed by atoms with Gasteiger partial charge in [0.2, 0.25) is 0 Å². The van der Waals surface area contributed by atoms with Gasteiger partial charge in [0.05, 0.1) is 18.2 Å². The largest absolute Gasteiger partial charge is 0.463 e. The average Bonchev–Trinajstić information content (AvgIpc) is 3.01. The van der Waals surface area contributed by atoms with Crippen LogP contribution in [0, 0.1) is 13.8 Å². The maximum Gasteiger partial charge on any atom is 0.338 e. The van der Waals surface area contributed by atoms with E-state index in [-0.39, 0.29) is 24.2 Å². The lowest BCUT2D eigenvalue weighted by Crippen LogP contribution is -2.50. The number of likely N-dealkylation sites (N-methyl/N-ethyl adjacent to an activating group) is 1. The van der Waals surface area contributed by atoms with Gasteiger partial charge in [-0.1, -0.05) is 23.8 Å². The normalized spacial score (nSPS) is 19.6. The van der Waals surface area contributed by atoms with Crippen molar-refractivity contribution in [3.05, 3.63) is 46.2 Å². The van der Waals surface area contributed by atoms with Crippen LogP contribution < -0.4 is 10.6 Å². The molecule has 0 radical (unpaired) electrons. The minimum Gasteiger partial charge on any atom is -0.463 e. The summed E-state index contributed by atoms with van der Waals surface area (Å²) >= 11 is 0. The quantitative estimate of drug-likeness (QED) is 0.606. The third-order valence-electron chi connectivity index (χ3n) is 6.54. The van der Waals surface area contributed by atoms with Crippen LogP contribution in [-0.2, 0) is 9.53 Å². The predicted molar refractivity (Wildman–Crippen MR) is 140 cm³/mol. The molecule has 1 aromatic rings. The number of urea groups is 2. The molecule has 2 heterocycles. The molecule has 0 bridgehead atoms. The van der Waals surface area contributed by atoms with Gasteiger partial charge in [0.15, 0.2) is 0 Å². The first-order valence-corrected chi connectivity index (χ1v) is 12.7. The van der Waals surface area contributed by atoms with E-state index in [4.69, 9.17) is 4.74 Å². The first kappa shape index (κ1) is 27.5. The van der Waals surface area contributed by atoms with Crippen molar-refractivity contribution in [3.63, 3.8) is 0 Å². The van der Waals surface area contributed by atoms with Gasteiger partial charge in [-0.05, 0) is 59.1 Å². The Morgan fingerprint density at radius 2 is 1.86 bits per heavy atom. The van der Waals surface area contributed by atoms with Crippen molar-refractivity contribution in [1.29, 1.82) is 0 Å². The van der Waals surface area contributed by atoms with E-state index in [1.54, 1.807) is 14.0 Å². The zero-order chi connectivity index (χ0) is 26.6. The highest BCUT2D eigenvalue weighted by Crippen LogP contribution is 2.33. The minimum atomic E-state index is -0.593. The molecule has 1 atom stereocenters. The number of esters is 1. The van der Waals surface area contributed by atoms with Crippen molar-refractivity contribution >= 4 is 18.0 Å². The van der Waals surface area contributed by atoms with Crippen molar-refractivity contribution in [3.8, 4) is 0 Å². The van der Waals surface area contributed by atoms with E-state index < -0.39 is 12.0 Å². The minimum absolute atomic E-state index is 0.0696. The van der Waals surface area contributed by atoms with Crippen molar-refractivity contribution in [2.75, 3.05) is 46.4 Å². The second kappa shape index (κ2) is 11.3. The van der Waals surface area contributed by atoms with E-state index in [0.717, 1.165) is 29.7 Å². The van der Waals surface area contributed by atoms with E-state index in [0.29, 0.717) is 37.4 Å². The number of carbonyl (C=O) groups is 3. The van der Waals surface area contributed by atoms with E-state index in [1.807, 2.05) is 57.7 Å². The average molecular weight is 500 g/mol. The lowest BCUT2D eigenvalue weighted by atomic mass is 9.90. The maximum absolute atomic E-state index is 13.3. The van der Waals surface area contributed by atoms with Crippen LogP contribution in [0.1, 0.15) is 56.8 Å². The number of nitrogens with zero attached hydrogens (tertiary/aromatic N) is 3. The lowest BCUT2D eigenvalue weighted by Gasteiger charge is -2.37. The number of amides is 4. The molecule has 0 spiro atoms. The van der Waals surface area contributed by atoms with Gasteiger partial charge >= 0.3 is 18.0 Å². The number of hydrogen-bond donors (Lipinski definition) is 2. The molecular weight excluding hydrogens is 458 g/mol. The molecule has 1 fully saturated rings. The molecule has 1 aromatic carbocycles. The van der Waals surface area contributed by atoms with Crippen LogP contribution in [0.5, 0.6) is 0 Å². The van der Waals surface area contributed by atoms with Crippen LogP contribution in [0.4, 0.5) is 9.59 Å². The number of ether oxygens (including phenoxy) is 1. The molecule has 0 unspecified atom stereocenters. The van der Waals surface area contributed by atoms with Crippen molar-refractivity contribution in [1.82, 2.24) is 25.3 Å². The molecule has 2 N–H and O–H groups in total. The third-order valence-corrected chi connectivity index (χ3v) is 6.54. The molecule has 2 aliphatic rings. The second-order valence-corrected chi connectivity index (χ2v) is 10.7. The Labute approximate surface area is 214 Å². The zero-order valence-electron chi connectivity index (χ0n) is 22.7. The van der Waals surface area contributed by atoms with Crippen LogP contribution >= 0.6 is 0 Å². The molecule has 9 heteroatoms. The van der Waals surface area contributed by atoms with Gasteiger partial charge in [-0.2, -0.15) is 0 Å². The van der Waals surface area contributed by atoms with E-state index in [2.05, 4.69) is 15.5 Å². The summed E-state index contributed by atoms with van der Waals surface area (Å²) in [5.74, 6) is -0.426. The summed E-state index contributed by atoms with van der Waals surface area (Å²) < 4.78 is 5.46. The number of rotatable bonds is 5. The van der Waals surface area contributed by atoms with E-state index in [9.17, 15) is 14.4 Å². The molecule has 4 amide bonds. The highest BCUT2D eigenvalue weighted by Gasteiger charge is 2.38. The molecule has 0 aromatic heterocycles. The fourth-order valence-corrected chi connectivity index (χ4v) is 4.72. The Morgan fingerprint density at radius 3 is 2.50 bits per heavy atom. The Balaban J connectivity index is 1.91. The number of nitrogens with one attached hydrogen (secondary N) is 2. The summed E-state index contributed by atoms with van der Waals surface area (Å²) in [6.45, 7) is 15.0. The molecule has 1 saturated heterocycles. The Morgan fingerprint density at radius 1 is 1.14 bits per heavy atom. The topological polar surface area (TPSA) is 94.2 Å². The Kier molecular flexibility index (Phi) is 8.66. The summed E-state index contributed by atoms with van der Waals surface area (Å²) in [6.07, 6.45) is 0.802. The highest BCUT2D eigenvalue weighted by molar-refractivity contribution is 5.95. The molecular formula is C27H41N5O4. The molecule has 36 heavy (non-hydrogen) atoms. The summed E-state index contributed by atoms with van der Waals surface area (Å²) in [4.78, 5) is 44.5. The lowest BCUT2D eigenvalue weighted by molar-refractivity contribution is -0.139. The zero-order valence-corrected chi connectivity index (χ0v) is 22.7. The number of carbonyl (C=O) groups excluding carboxylic acids is 3. The summed E-state index contributed by atoms with van der Waals surface area (Å²) in [7, 11) is 1.68. The summed E-state index contributed by atoms with van der Waals surface area (Å²) in [5.41, 5.74) is 3.78. The van der Waals surface area contributed by atoms with Crippen LogP contribution in [0.25, 0.3) is 0 Å². The fourth-order valence-electron chi connectivity index (χ4n) is 4.72. The van der Waals surface area contributed by atoms with Gasteiger partial charge in [0, 0.05) is 51.0 Å². The van der Waals surface area contributed by atoms with Crippen molar-refractivity contribution < 1.29 is 19.1 Å². The SMILES string of the molecule is CCOC(=O)C1=C(CN2CCCN(C(=O)NC(C)(C)C)CC2)N(C)C(=O)N[C@@H]1c1ccc(C)cc1C. The first-order chi connectivity index (χ1) is 16.9. The van der Waals surface area contributed by atoms with Crippen LogP contribution in [0.15, 0.2) is 29.5 Å². The summed E-state index contributed by atoms with van der Waals surface area (Å²) in [5, 5.41) is 6.04. The number of aryl methyl sites for hydroxylation is 2. The third kappa shape index (κ3) is 6.57. The van der Waals surface area contributed by atoms with E-state index in [1.165, 1.54) is 4.90 Å². The van der Waals surface area contributed by atoms with Crippen LogP contribution in [-0.4, -0.2) is 84.6 Å². The van der Waals surface area contributed by atoms with Crippen LogP contribution in [0.3, 0.4) is 0 Å². The Hall–Kier alpha value is -3.07. The van der Waals surface area contributed by atoms with Gasteiger partial charge in [0.1, 0.15) is 0 Å². The molecule has 198 valence electrons. The monoisotopic (exact) mass is 499 g/mol. The van der Waals surface area contributed by atoms with Gasteiger partial charge < -0.3 is 20.3 Å². The maximum atomic E-state index is 13.3. The predicted octanol–water partition coefficient (Wildman–Crippen LogP) is 3.33. The van der Waals surface area contributed by atoms with Gasteiger partial charge in [-0.25, -0.2) is 14.4 Å². The molecule has 2 aliphatic heterocycles.